The van der Waals surface area contributed by atoms with Gasteiger partial charge in [0.1, 0.15) is 11.4 Å². The Morgan fingerprint density at radius 1 is 1.50 bits per heavy atom. The molecular weight excluding hydrogens is 258 g/mol. The lowest BCUT2D eigenvalue weighted by Gasteiger charge is -2.21. The molecule has 1 atom stereocenters. The summed E-state index contributed by atoms with van der Waals surface area (Å²) in [5.74, 6) is 0.398. The SMILES string of the molecule is Cc1ccncc1NC(=O)NC[C@@](C)(O)c1ccco1. The van der Waals surface area contributed by atoms with E-state index in [1.807, 2.05) is 6.92 Å². The highest BCUT2D eigenvalue weighted by atomic mass is 16.4. The van der Waals surface area contributed by atoms with Crippen LogP contribution in [0.15, 0.2) is 41.3 Å². The Labute approximate surface area is 116 Å². The molecule has 0 bridgehead atoms. The molecule has 0 aliphatic rings. The van der Waals surface area contributed by atoms with Crippen molar-refractivity contribution in [2.24, 2.45) is 0 Å². The van der Waals surface area contributed by atoms with E-state index in [0.29, 0.717) is 11.4 Å². The van der Waals surface area contributed by atoms with Gasteiger partial charge in [-0.3, -0.25) is 4.98 Å². The first-order valence-electron chi connectivity index (χ1n) is 6.21. The lowest BCUT2D eigenvalue weighted by Crippen LogP contribution is -2.40. The van der Waals surface area contributed by atoms with E-state index in [1.165, 1.54) is 6.26 Å². The van der Waals surface area contributed by atoms with E-state index in [-0.39, 0.29) is 6.54 Å². The van der Waals surface area contributed by atoms with Crippen molar-refractivity contribution in [3.63, 3.8) is 0 Å². The van der Waals surface area contributed by atoms with E-state index in [2.05, 4.69) is 15.6 Å². The standard InChI is InChI=1S/C14H17N3O3/c1-10-5-6-15-8-11(10)17-13(18)16-9-14(2,19)12-4-3-7-20-12/h3-8,19H,9H2,1-2H3,(H2,16,17,18)/t14-/m1/s1. The number of aromatic nitrogens is 1. The summed E-state index contributed by atoms with van der Waals surface area (Å²) in [5, 5.41) is 15.5. The fourth-order valence-electron chi connectivity index (χ4n) is 1.69. The smallest absolute Gasteiger partial charge is 0.319 e. The lowest BCUT2D eigenvalue weighted by molar-refractivity contribution is 0.0372. The molecule has 6 heteroatoms. The van der Waals surface area contributed by atoms with Gasteiger partial charge in [0.05, 0.1) is 24.7 Å². The first kappa shape index (κ1) is 14.1. The number of aliphatic hydroxyl groups is 1. The van der Waals surface area contributed by atoms with Gasteiger partial charge in [-0.15, -0.1) is 0 Å². The third-order valence-corrected chi connectivity index (χ3v) is 2.93. The third-order valence-electron chi connectivity index (χ3n) is 2.93. The van der Waals surface area contributed by atoms with Crippen LogP contribution in [-0.2, 0) is 5.60 Å². The highest BCUT2D eigenvalue weighted by molar-refractivity contribution is 5.89. The largest absolute Gasteiger partial charge is 0.466 e. The number of amides is 2. The van der Waals surface area contributed by atoms with Gasteiger partial charge in [-0.25, -0.2) is 4.79 Å². The number of pyridine rings is 1. The molecule has 2 aromatic heterocycles. The van der Waals surface area contributed by atoms with Gasteiger partial charge in [0.2, 0.25) is 0 Å². The van der Waals surface area contributed by atoms with Crippen LogP contribution in [0.1, 0.15) is 18.2 Å². The first-order valence-corrected chi connectivity index (χ1v) is 6.21. The van der Waals surface area contributed by atoms with Crippen LogP contribution in [0.5, 0.6) is 0 Å². The predicted molar refractivity (Wildman–Crippen MR) is 74.3 cm³/mol. The molecule has 2 rings (SSSR count). The number of carbonyl (C=O) groups excluding carboxylic acids is 1. The van der Waals surface area contributed by atoms with E-state index in [4.69, 9.17) is 4.42 Å². The molecule has 0 aliphatic carbocycles. The van der Waals surface area contributed by atoms with Crippen molar-refractivity contribution in [1.29, 1.82) is 0 Å². The zero-order valence-corrected chi connectivity index (χ0v) is 11.4. The van der Waals surface area contributed by atoms with Crippen LogP contribution in [0, 0.1) is 6.92 Å². The summed E-state index contributed by atoms with van der Waals surface area (Å²) in [5.41, 5.74) is 0.278. The number of furan rings is 1. The summed E-state index contributed by atoms with van der Waals surface area (Å²) in [6.45, 7) is 3.48. The van der Waals surface area contributed by atoms with Gasteiger partial charge in [-0.1, -0.05) is 0 Å². The molecule has 0 spiro atoms. The Balaban J connectivity index is 1.91. The van der Waals surface area contributed by atoms with Crippen molar-refractivity contribution in [3.8, 4) is 0 Å². The van der Waals surface area contributed by atoms with E-state index in [9.17, 15) is 9.90 Å². The summed E-state index contributed by atoms with van der Waals surface area (Å²) in [4.78, 5) is 15.7. The molecule has 2 amide bonds. The van der Waals surface area contributed by atoms with E-state index >= 15 is 0 Å². The molecule has 6 nitrogen and oxygen atoms in total. The predicted octanol–water partition coefficient (Wildman–Crippen LogP) is 2.01. The van der Waals surface area contributed by atoms with Crippen LogP contribution < -0.4 is 10.6 Å². The molecule has 0 saturated carbocycles. The average molecular weight is 275 g/mol. The van der Waals surface area contributed by atoms with Crippen LogP contribution in [-0.4, -0.2) is 22.7 Å². The fourth-order valence-corrected chi connectivity index (χ4v) is 1.69. The number of nitrogens with zero attached hydrogens (tertiary/aromatic N) is 1. The summed E-state index contributed by atoms with van der Waals surface area (Å²) >= 11 is 0. The molecule has 0 unspecified atom stereocenters. The molecule has 0 aliphatic heterocycles. The third kappa shape index (κ3) is 3.36. The van der Waals surface area contributed by atoms with Gasteiger partial charge >= 0.3 is 6.03 Å². The van der Waals surface area contributed by atoms with Crippen molar-refractivity contribution in [3.05, 3.63) is 48.2 Å². The molecule has 0 fully saturated rings. The van der Waals surface area contributed by atoms with Crippen molar-refractivity contribution in [1.82, 2.24) is 10.3 Å². The van der Waals surface area contributed by atoms with Gasteiger partial charge in [-0.05, 0) is 37.6 Å². The molecular formula is C14H17N3O3. The molecule has 0 radical (unpaired) electrons. The minimum Gasteiger partial charge on any atom is -0.466 e. The van der Waals surface area contributed by atoms with Gasteiger partial charge in [0.25, 0.3) is 0 Å². The number of anilines is 1. The summed E-state index contributed by atoms with van der Waals surface area (Å²) in [7, 11) is 0. The van der Waals surface area contributed by atoms with Gasteiger partial charge in [0.15, 0.2) is 0 Å². The Morgan fingerprint density at radius 2 is 2.30 bits per heavy atom. The zero-order valence-electron chi connectivity index (χ0n) is 11.4. The molecule has 0 aromatic carbocycles. The minimum atomic E-state index is -1.26. The molecule has 3 N–H and O–H groups in total. The van der Waals surface area contributed by atoms with Crippen molar-refractivity contribution in [2.45, 2.75) is 19.4 Å². The van der Waals surface area contributed by atoms with Crippen LogP contribution in [0.4, 0.5) is 10.5 Å². The number of urea groups is 1. The Hall–Kier alpha value is -2.34. The maximum absolute atomic E-state index is 11.8. The normalized spacial score (nSPS) is 13.6. The Bertz CT molecular complexity index is 579. The van der Waals surface area contributed by atoms with Crippen LogP contribution in [0.3, 0.4) is 0 Å². The second-order valence-corrected chi connectivity index (χ2v) is 4.75. The van der Waals surface area contributed by atoms with Crippen molar-refractivity contribution in [2.75, 3.05) is 11.9 Å². The van der Waals surface area contributed by atoms with Crippen molar-refractivity contribution < 1.29 is 14.3 Å². The zero-order chi connectivity index (χ0) is 14.6. The van der Waals surface area contributed by atoms with Crippen LogP contribution in [0.2, 0.25) is 0 Å². The molecule has 2 heterocycles. The van der Waals surface area contributed by atoms with E-state index in [1.54, 1.807) is 37.5 Å². The van der Waals surface area contributed by atoms with Gasteiger partial charge < -0.3 is 20.2 Å². The summed E-state index contributed by atoms with van der Waals surface area (Å²) in [6, 6.07) is 4.73. The van der Waals surface area contributed by atoms with E-state index in [0.717, 1.165) is 5.56 Å². The topological polar surface area (TPSA) is 87.4 Å². The number of carbonyl (C=O) groups is 1. The quantitative estimate of drug-likeness (QED) is 0.796. The second-order valence-electron chi connectivity index (χ2n) is 4.75. The van der Waals surface area contributed by atoms with Gasteiger partial charge in [0, 0.05) is 6.20 Å². The number of rotatable bonds is 4. The van der Waals surface area contributed by atoms with Crippen molar-refractivity contribution >= 4 is 11.7 Å². The molecule has 106 valence electrons. The Morgan fingerprint density at radius 3 is 2.95 bits per heavy atom. The second kappa shape index (κ2) is 5.75. The maximum atomic E-state index is 11.8. The molecule has 20 heavy (non-hydrogen) atoms. The highest BCUT2D eigenvalue weighted by Gasteiger charge is 2.26. The number of aryl methyl sites for hydroxylation is 1. The number of nitrogens with one attached hydrogen (secondary N) is 2. The maximum Gasteiger partial charge on any atom is 0.319 e. The monoisotopic (exact) mass is 275 g/mol. The summed E-state index contributed by atoms with van der Waals surface area (Å²) < 4.78 is 5.14. The number of hydrogen-bond acceptors (Lipinski definition) is 4. The average Bonchev–Trinajstić information content (AvgIpc) is 2.94. The first-order chi connectivity index (χ1) is 9.49. The molecule has 0 saturated heterocycles. The Kier molecular flexibility index (Phi) is 4.05. The summed E-state index contributed by atoms with van der Waals surface area (Å²) in [6.07, 6.45) is 4.70. The van der Waals surface area contributed by atoms with Gasteiger partial charge in [-0.2, -0.15) is 0 Å². The fraction of sp³-hybridized carbons (Fsp3) is 0.286. The van der Waals surface area contributed by atoms with Crippen LogP contribution >= 0.6 is 0 Å². The minimum absolute atomic E-state index is 0.0334. The lowest BCUT2D eigenvalue weighted by atomic mass is 10.0. The number of hydrogen-bond donors (Lipinski definition) is 3. The highest BCUT2D eigenvalue weighted by Crippen LogP contribution is 2.19. The van der Waals surface area contributed by atoms with Crippen LogP contribution in [0.25, 0.3) is 0 Å². The molecule has 2 aromatic rings. The van der Waals surface area contributed by atoms with E-state index < -0.39 is 11.6 Å².